The van der Waals surface area contributed by atoms with Crippen LogP contribution in [0.3, 0.4) is 0 Å². The summed E-state index contributed by atoms with van der Waals surface area (Å²) >= 11 is 0. The Balaban J connectivity index is 2.08. The van der Waals surface area contributed by atoms with E-state index in [0.717, 1.165) is 17.7 Å². The number of nitrogens with zero attached hydrogens (tertiary/aromatic N) is 3. The van der Waals surface area contributed by atoms with Gasteiger partial charge in [-0.15, -0.1) is 0 Å². The molecular weight excluding hydrogens is 226 g/mol. The highest BCUT2D eigenvalue weighted by Gasteiger charge is 2.17. The minimum absolute atomic E-state index is 0.179. The molecule has 1 aromatic rings. The maximum atomic E-state index is 11.3. The summed E-state index contributed by atoms with van der Waals surface area (Å²) in [7, 11) is 0. The van der Waals surface area contributed by atoms with Crippen molar-refractivity contribution >= 4 is 5.78 Å². The Morgan fingerprint density at radius 3 is 2.94 bits per heavy atom. The SMILES string of the molecule is N#CCCN(Cc1cccnc1)C1=CC(=O)CC1. The monoisotopic (exact) mass is 241 g/mol. The van der Waals surface area contributed by atoms with Gasteiger partial charge in [-0.25, -0.2) is 0 Å². The molecule has 0 radical (unpaired) electrons. The third-order valence-electron chi connectivity index (χ3n) is 2.95. The van der Waals surface area contributed by atoms with Crippen molar-refractivity contribution in [1.82, 2.24) is 9.88 Å². The molecule has 0 fully saturated rings. The second-order valence-corrected chi connectivity index (χ2v) is 4.29. The number of nitriles is 1. The van der Waals surface area contributed by atoms with Gasteiger partial charge < -0.3 is 4.90 Å². The van der Waals surface area contributed by atoms with Crippen molar-refractivity contribution in [2.45, 2.75) is 25.8 Å². The van der Waals surface area contributed by atoms with Gasteiger partial charge in [0.1, 0.15) is 0 Å². The van der Waals surface area contributed by atoms with Crippen molar-refractivity contribution in [2.75, 3.05) is 6.54 Å². The molecule has 92 valence electrons. The van der Waals surface area contributed by atoms with Crippen molar-refractivity contribution < 1.29 is 4.79 Å². The smallest absolute Gasteiger partial charge is 0.157 e. The number of carbonyl (C=O) groups excluding carboxylic acids is 1. The van der Waals surface area contributed by atoms with E-state index in [4.69, 9.17) is 5.26 Å². The maximum Gasteiger partial charge on any atom is 0.157 e. The molecule has 0 atom stereocenters. The summed E-state index contributed by atoms with van der Waals surface area (Å²) in [4.78, 5) is 17.5. The van der Waals surface area contributed by atoms with Crippen LogP contribution in [0.1, 0.15) is 24.8 Å². The van der Waals surface area contributed by atoms with Gasteiger partial charge in [-0.3, -0.25) is 9.78 Å². The number of hydrogen-bond donors (Lipinski definition) is 0. The fraction of sp³-hybridized carbons (Fsp3) is 0.357. The first-order chi connectivity index (χ1) is 8.79. The first-order valence-corrected chi connectivity index (χ1v) is 6.04. The summed E-state index contributed by atoms with van der Waals surface area (Å²) in [6, 6.07) is 6.05. The van der Waals surface area contributed by atoms with Crippen LogP contribution >= 0.6 is 0 Å². The number of ketones is 1. The first-order valence-electron chi connectivity index (χ1n) is 6.04. The molecule has 4 nitrogen and oxygen atoms in total. The van der Waals surface area contributed by atoms with E-state index in [-0.39, 0.29) is 5.78 Å². The molecular formula is C14H15N3O. The molecule has 1 aliphatic rings. The van der Waals surface area contributed by atoms with E-state index in [1.54, 1.807) is 12.3 Å². The Morgan fingerprint density at radius 1 is 1.44 bits per heavy atom. The van der Waals surface area contributed by atoms with Crippen LogP contribution in [-0.2, 0) is 11.3 Å². The molecule has 0 saturated heterocycles. The molecule has 18 heavy (non-hydrogen) atoms. The summed E-state index contributed by atoms with van der Waals surface area (Å²) in [5.74, 6) is 0.179. The van der Waals surface area contributed by atoms with E-state index in [9.17, 15) is 4.79 Å². The van der Waals surface area contributed by atoms with Gasteiger partial charge in [0.2, 0.25) is 0 Å². The Labute approximate surface area is 107 Å². The second-order valence-electron chi connectivity index (χ2n) is 4.29. The maximum absolute atomic E-state index is 11.3. The van der Waals surface area contributed by atoms with E-state index in [1.807, 2.05) is 18.3 Å². The van der Waals surface area contributed by atoms with E-state index in [1.165, 1.54) is 0 Å². The van der Waals surface area contributed by atoms with Crippen LogP contribution in [0.2, 0.25) is 0 Å². The minimum atomic E-state index is 0.179. The largest absolute Gasteiger partial charge is 0.369 e. The van der Waals surface area contributed by atoms with Crippen LogP contribution in [0, 0.1) is 11.3 Å². The third kappa shape index (κ3) is 3.17. The normalized spacial score (nSPS) is 14.2. The van der Waals surface area contributed by atoms with Gasteiger partial charge in [-0.1, -0.05) is 6.07 Å². The zero-order chi connectivity index (χ0) is 12.8. The Kier molecular flexibility index (Phi) is 4.08. The lowest BCUT2D eigenvalue weighted by atomic mass is 10.2. The highest BCUT2D eigenvalue weighted by molar-refractivity contribution is 5.92. The molecule has 4 heteroatoms. The lowest BCUT2D eigenvalue weighted by Gasteiger charge is -2.24. The zero-order valence-corrected chi connectivity index (χ0v) is 10.2. The molecule has 0 amide bonds. The van der Waals surface area contributed by atoms with Gasteiger partial charge in [0.15, 0.2) is 5.78 Å². The summed E-state index contributed by atoms with van der Waals surface area (Å²) in [5.41, 5.74) is 2.13. The lowest BCUT2D eigenvalue weighted by Crippen LogP contribution is -2.23. The number of carbonyl (C=O) groups is 1. The van der Waals surface area contributed by atoms with Crippen LogP contribution in [0.15, 0.2) is 36.3 Å². The topological polar surface area (TPSA) is 57.0 Å². The molecule has 0 spiro atoms. The summed E-state index contributed by atoms with van der Waals surface area (Å²) in [5, 5.41) is 8.70. The average Bonchev–Trinajstić information content (AvgIpc) is 2.82. The highest BCUT2D eigenvalue weighted by atomic mass is 16.1. The van der Waals surface area contributed by atoms with Crippen LogP contribution < -0.4 is 0 Å². The molecule has 0 unspecified atom stereocenters. The predicted molar refractivity (Wildman–Crippen MR) is 67.2 cm³/mol. The summed E-state index contributed by atoms with van der Waals surface area (Å²) in [6.45, 7) is 1.36. The van der Waals surface area contributed by atoms with Crippen molar-refractivity contribution in [2.24, 2.45) is 0 Å². The number of allylic oxidation sites excluding steroid dienone is 2. The number of pyridine rings is 1. The van der Waals surface area contributed by atoms with Gasteiger partial charge in [0.25, 0.3) is 0 Å². The fourth-order valence-corrected chi connectivity index (χ4v) is 2.05. The summed E-state index contributed by atoms with van der Waals surface area (Å²) in [6.07, 6.45) is 7.09. The molecule has 1 aliphatic carbocycles. The van der Waals surface area contributed by atoms with Crippen molar-refractivity contribution in [3.8, 4) is 6.07 Å². The van der Waals surface area contributed by atoms with E-state index < -0.39 is 0 Å². The minimum Gasteiger partial charge on any atom is -0.369 e. The van der Waals surface area contributed by atoms with E-state index in [2.05, 4.69) is 16.0 Å². The molecule has 2 rings (SSSR count). The molecule has 0 aromatic carbocycles. The third-order valence-corrected chi connectivity index (χ3v) is 2.95. The van der Waals surface area contributed by atoms with Crippen LogP contribution in [0.4, 0.5) is 0 Å². The standard InChI is InChI=1S/C14H15N3O/c15-6-2-8-17(13-4-5-14(18)9-13)11-12-3-1-7-16-10-12/h1,3,7,9-10H,2,4-5,8,11H2. The predicted octanol–water partition coefficient (Wildman–Crippen LogP) is 2.04. The number of hydrogen-bond acceptors (Lipinski definition) is 4. The molecule has 0 saturated carbocycles. The van der Waals surface area contributed by atoms with Gasteiger partial charge >= 0.3 is 0 Å². The Hall–Kier alpha value is -2.15. The average molecular weight is 241 g/mol. The Morgan fingerprint density at radius 2 is 2.33 bits per heavy atom. The molecule has 1 heterocycles. The molecule has 0 bridgehead atoms. The first kappa shape index (κ1) is 12.3. The lowest BCUT2D eigenvalue weighted by molar-refractivity contribution is -0.114. The van der Waals surface area contributed by atoms with Crippen molar-refractivity contribution in [3.05, 3.63) is 41.9 Å². The van der Waals surface area contributed by atoms with Gasteiger partial charge in [-0.2, -0.15) is 5.26 Å². The number of rotatable bonds is 5. The zero-order valence-electron chi connectivity index (χ0n) is 10.2. The van der Waals surface area contributed by atoms with Gasteiger partial charge in [-0.05, 0) is 18.1 Å². The van der Waals surface area contributed by atoms with E-state index >= 15 is 0 Å². The van der Waals surface area contributed by atoms with E-state index in [0.29, 0.717) is 25.9 Å². The van der Waals surface area contributed by atoms with Crippen molar-refractivity contribution in [1.29, 1.82) is 5.26 Å². The van der Waals surface area contributed by atoms with Gasteiger partial charge in [0.05, 0.1) is 12.5 Å². The summed E-state index contributed by atoms with van der Waals surface area (Å²) < 4.78 is 0. The van der Waals surface area contributed by atoms with Crippen LogP contribution in [0.5, 0.6) is 0 Å². The molecule has 0 N–H and O–H groups in total. The second kappa shape index (κ2) is 5.97. The number of aromatic nitrogens is 1. The molecule has 1 aromatic heterocycles. The van der Waals surface area contributed by atoms with Crippen LogP contribution in [-0.4, -0.2) is 22.2 Å². The highest BCUT2D eigenvalue weighted by Crippen LogP contribution is 2.21. The van der Waals surface area contributed by atoms with Crippen LogP contribution in [0.25, 0.3) is 0 Å². The fourth-order valence-electron chi connectivity index (χ4n) is 2.05. The Bertz CT molecular complexity index is 488. The van der Waals surface area contributed by atoms with Crippen molar-refractivity contribution in [3.63, 3.8) is 0 Å². The van der Waals surface area contributed by atoms with Gasteiger partial charge in [0, 0.05) is 43.7 Å². The molecule has 0 aliphatic heterocycles. The quantitative estimate of drug-likeness (QED) is 0.791.